The lowest BCUT2D eigenvalue weighted by Crippen LogP contribution is -2.10. The van der Waals surface area contributed by atoms with Crippen molar-refractivity contribution in [3.63, 3.8) is 0 Å². The zero-order chi connectivity index (χ0) is 11.5. The molecule has 0 bridgehead atoms. The van der Waals surface area contributed by atoms with E-state index in [9.17, 15) is 4.79 Å². The van der Waals surface area contributed by atoms with Gasteiger partial charge in [-0.2, -0.15) is 0 Å². The van der Waals surface area contributed by atoms with Gasteiger partial charge in [0.25, 0.3) is 0 Å². The lowest BCUT2D eigenvalue weighted by molar-refractivity contribution is -0.113. The van der Waals surface area contributed by atoms with E-state index in [1.807, 2.05) is 12.1 Å². The van der Waals surface area contributed by atoms with E-state index in [-0.39, 0.29) is 5.41 Å². The standard InChI is InChI=1S/C13H17NO/c1-13(2,3)11-7-4-10(5-8-11)6-9-12(14)15/h4-9H,1-3H3,(H2,14,15)/b9-6-. The number of hydrogen-bond acceptors (Lipinski definition) is 1. The molecule has 15 heavy (non-hydrogen) atoms. The fourth-order valence-electron chi connectivity index (χ4n) is 1.27. The SMILES string of the molecule is CC(C)(C)c1ccc(/C=C\C(N)=O)cc1. The largest absolute Gasteiger partial charge is 0.366 e. The predicted octanol–water partition coefficient (Wildman–Crippen LogP) is 2.48. The molecule has 1 aromatic rings. The minimum absolute atomic E-state index is 0.159. The fourth-order valence-corrected chi connectivity index (χ4v) is 1.27. The number of carbonyl (C=O) groups is 1. The van der Waals surface area contributed by atoms with Gasteiger partial charge in [-0.25, -0.2) is 0 Å². The van der Waals surface area contributed by atoms with Crippen molar-refractivity contribution in [1.29, 1.82) is 0 Å². The van der Waals surface area contributed by atoms with Gasteiger partial charge >= 0.3 is 0 Å². The molecule has 2 nitrogen and oxygen atoms in total. The average Bonchev–Trinajstić information content (AvgIpc) is 2.14. The van der Waals surface area contributed by atoms with Crippen molar-refractivity contribution >= 4 is 12.0 Å². The molecule has 2 heteroatoms. The number of benzene rings is 1. The van der Waals surface area contributed by atoms with E-state index in [1.165, 1.54) is 11.6 Å². The molecule has 0 fully saturated rings. The van der Waals surface area contributed by atoms with Crippen molar-refractivity contribution in [2.24, 2.45) is 5.73 Å². The third-order valence-corrected chi connectivity index (χ3v) is 2.22. The lowest BCUT2D eigenvalue weighted by atomic mass is 9.87. The Labute approximate surface area is 90.8 Å². The smallest absolute Gasteiger partial charge is 0.241 e. The molecular weight excluding hydrogens is 186 g/mol. The van der Waals surface area contributed by atoms with Crippen LogP contribution in [0, 0.1) is 0 Å². The highest BCUT2D eigenvalue weighted by atomic mass is 16.1. The summed E-state index contributed by atoms with van der Waals surface area (Å²) in [7, 11) is 0. The van der Waals surface area contributed by atoms with Gasteiger partial charge in [-0.15, -0.1) is 0 Å². The molecule has 0 aliphatic rings. The minimum Gasteiger partial charge on any atom is -0.366 e. The summed E-state index contributed by atoms with van der Waals surface area (Å²) in [6.45, 7) is 6.50. The molecule has 0 aromatic heterocycles. The van der Waals surface area contributed by atoms with Crippen molar-refractivity contribution in [1.82, 2.24) is 0 Å². The van der Waals surface area contributed by atoms with Crippen LogP contribution >= 0.6 is 0 Å². The Hall–Kier alpha value is -1.57. The van der Waals surface area contributed by atoms with Gasteiger partial charge in [0.2, 0.25) is 5.91 Å². The number of hydrogen-bond donors (Lipinski definition) is 1. The highest BCUT2D eigenvalue weighted by Crippen LogP contribution is 2.22. The van der Waals surface area contributed by atoms with Gasteiger partial charge in [0.1, 0.15) is 0 Å². The van der Waals surface area contributed by atoms with Crippen LogP contribution in [0.15, 0.2) is 30.3 Å². The van der Waals surface area contributed by atoms with Gasteiger partial charge in [0, 0.05) is 6.08 Å². The normalized spacial score (nSPS) is 11.9. The molecule has 0 saturated carbocycles. The second kappa shape index (κ2) is 4.30. The summed E-state index contributed by atoms with van der Waals surface area (Å²) in [5.41, 5.74) is 7.44. The molecule has 1 rings (SSSR count). The van der Waals surface area contributed by atoms with Gasteiger partial charge < -0.3 is 5.73 Å². The summed E-state index contributed by atoms with van der Waals surface area (Å²) < 4.78 is 0. The first-order valence-electron chi connectivity index (χ1n) is 4.97. The molecule has 0 saturated heterocycles. The van der Waals surface area contributed by atoms with Gasteiger partial charge in [0.15, 0.2) is 0 Å². The minimum atomic E-state index is -0.421. The van der Waals surface area contributed by atoms with Crippen LogP contribution in [-0.4, -0.2) is 5.91 Å². The van der Waals surface area contributed by atoms with E-state index in [2.05, 4.69) is 32.9 Å². The summed E-state index contributed by atoms with van der Waals surface area (Å²) in [5, 5.41) is 0. The Kier molecular flexibility index (Phi) is 3.30. The number of primary amides is 1. The summed E-state index contributed by atoms with van der Waals surface area (Å²) >= 11 is 0. The lowest BCUT2D eigenvalue weighted by Gasteiger charge is -2.18. The first-order valence-corrected chi connectivity index (χ1v) is 4.97. The van der Waals surface area contributed by atoms with Gasteiger partial charge in [-0.05, 0) is 22.6 Å². The van der Waals surface area contributed by atoms with E-state index in [4.69, 9.17) is 5.73 Å². The fraction of sp³-hybridized carbons (Fsp3) is 0.308. The zero-order valence-corrected chi connectivity index (χ0v) is 9.45. The van der Waals surface area contributed by atoms with E-state index in [1.54, 1.807) is 6.08 Å². The van der Waals surface area contributed by atoms with Crippen LogP contribution in [0.2, 0.25) is 0 Å². The Morgan fingerprint density at radius 1 is 1.20 bits per heavy atom. The number of nitrogens with two attached hydrogens (primary N) is 1. The van der Waals surface area contributed by atoms with Crippen LogP contribution in [0.5, 0.6) is 0 Å². The summed E-state index contributed by atoms with van der Waals surface area (Å²) in [4.78, 5) is 10.5. The molecule has 2 N–H and O–H groups in total. The third-order valence-electron chi connectivity index (χ3n) is 2.22. The quantitative estimate of drug-likeness (QED) is 0.737. The van der Waals surface area contributed by atoms with E-state index >= 15 is 0 Å². The maximum Gasteiger partial charge on any atom is 0.241 e. The Morgan fingerprint density at radius 3 is 2.13 bits per heavy atom. The van der Waals surface area contributed by atoms with Crippen LogP contribution in [0.25, 0.3) is 6.08 Å². The van der Waals surface area contributed by atoms with Gasteiger partial charge in [-0.1, -0.05) is 45.0 Å². The molecule has 0 spiro atoms. The maximum absolute atomic E-state index is 10.5. The highest BCUT2D eigenvalue weighted by Gasteiger charge is 2.12. The molecule has 0 atom stereocenters. The molecule has 80 valence electrons. The van der Waals surface area contributed by atoms with Crippen molar-refractivity contribution in [2.45, 2.75) is 26.2 Å². The van der Waals surface area contributed by atoms with Crippen molar-refractivity contribution in [3.05, 3.63) is 41.5 Å². The van der Waals surface area contributed by atoms with Crippen LogP contribution < -0.4 is 5.73 Å². The average molecular weight is 203 g/mol. The van der Waals surface area contributed by atoms with E-state index < -0.39 is 5.91 Å². The van der Waals surface area contributed by atoms with Crippen LogP contribution in [-0.2, 0) is 10.2 Å². The van der Waals surface area contributed by atoms with Gasteiger partial charge in [0.05, 0.1) is 0 Å². The molecular formula is C13H17NO. The Balaban J connectivity index is 2.86. The topological polar surface area (TPSA) is 43.1 Å². The Morgan fingerprint density at radius 2 is 1.73 bits per heavy atom. The van der Waals surface area contributed by atoms with Crippen LogP contribution in [0.1, 0.15) is 31.9 Å². The summed E-state index contributed by atoms with van der Waals surface area (Å²) in [6.07, 6.45) is 3.08. The highest BCUT2D eigenvalue weighted by molar-refractivity contribution is 5.90. The second-order valence-corrected chi connectivity index (χ2v) is 4.61. The van der Waals surface area contributed by atoms with Crippen molar-refractivity contribution in [3.8, 4) is 0 Å². The molecule has 0 unspecified atom stereocenters. The summed E-state index contributed by atoms with van der Waals surface area (Å²) in [6, 6.07) is 8.11. The van der Waals surface area contributed by atoms with E-state index in [0.717, 1.165) is 5.56 Å². The van der Waals surface area contributed by atoms with Crippen molar-refractivity contribution < 1.29 is 4.79 Å². The third kappa shape index (κ3) is 3.58. The molecule has 0 aliphatic carbocycles. The Bertz CT molecular complexity index is 369. The number of carbonyl (C=O) groups excluding carboxylic acids is 1. The zero-order valence-electron chi connectivity index (χ0n) is 9.45. The maximum atomic E-state index is 10.5. The monoisotopic (exact) mass is 203 g/mol. The molecule has 1 aromatic carbocycles. The van der Waals surface area contributed by atoms with Crippen LogP contribution in [0.4, 0.5) is 0 Å². The first-order chi connectivity index (χ1) is 6.89. The number of rotatable bonds is 2. The predicted molar refractivity (Wildman–Crippen MR) is 63.4 cm³/mol. The summed E-state index contributed by atoms with van der Waals surface area (Å²) in [5.74, 6) is -0.421. The van der Waals surface area contributed by atoms with Crippen molar-refractivity contribution in [2.75, 3.05) is 0 Å². The molecule has 1 amide bonds. The first kappa shape index (κ1) is 11.5. The second-order valence-electron chi connectivity index (χ2n) is 4.61. The van der Waals surface area contributed by atoms with Gasteiger partial charge in [-0.3, -0.25) is 4.79 Å². The number of amides is 1. The molecule has 0 radical (unpaired) electrons. The molecule has 0 heterocycles. The van der Waals surface area contributed by atoms with E-state index in [0.29, 0.717) is 0 Å². The van der Waals surface area contributed by atoms with Crippen LogP contribution in [0.3, 0.4) is 0 Å². The molecule has 0 aliphatic heterocycles.